The van der Waals surface area contributed by atoms with Gasteiger partial charge >= 0.3 is 0 Å². The van der Waals surface area contributed by atoms with Gasteiger partial charge in [0, 0.05) is 5.30 Å². The molecule has 0 heterocycles. The number of hydrogen-bond acceptors (Lipinski definition) is 1. The molecule has 0 aliphatic rings. The molecule has 0 unspecified atom stereocenters. The summed E-state index contributed by atoms with van der Waals surface area (Å²) in [5, 5.41) is 4.00. The van der Waals surface area contributed by atoms with Crippen LogP contribution < -0.4 is 20.3 Å². The highest BCUT2D eigenvalue weighted by atomic mass is 31.1. The fourth-order valence-electron chi connectivity index (χ4n) is 2.64. The first-order valence-electron chi connectivity index (χ1n) is 8.23. The van der Waals surface area contributed by atoms with Crippen LogP contribution in [-0.4, -0.2) is 8.32 Å². The first-order chi connectivity index (χ1) is 11.5. The van der Waals surface area contributed by atoms with Crippen LogP contribution in [0.25, 0.3) is 0 Å². The molecule has 3 rings (SSSR count). The van der Waals surface area contributed by atoms with Crippen molar-refractivity contribution in [3.63, 3.8) is 0 Å². The lowest BCUT2D eigenvalue weighted by atomic mass is 10.3. The average molecular weight is 350 g/mol. The molecule has 1 nitrogen and oxygen atoms in total. The summed E-state index contributed by atoms with van der Waals surface area (Å²) < 4.78 is 6.41. The van der Waals surface area contributed by atoms with Gasteiger partial charge in [-0.2, -0.15) is 0 Å². The molecule has 3 aromatic rings. The molecule has 0 aliphatic carbocycles. The van der Waals surface area contributed by atoms with Crippen LogP contribution in [0, 0.1) is 0 Å². The molecular weight excluding hydrogens is 327 g/mol. The Balaban J connectivity index is 2.14. The first-order valence-corrected chi connectivity index (χ1v) is 13.0. The van der Waals surface area contributed by atoms with E-state index in [1.807, 2.05) is 0 Å². The van der Waals surface area contributed by atoms with E-state index in [4.69, 9.17) is 4.43 Å². The Kier molecular flexibility index (Phi) is 5.18. The van der Waals surface area contributed by atoms with Gasteiger partial charge in [0.15, 0.2) is 0 Å². The Bertz CT molecular complexity index is 742. The van der Waals surface area contributed by atoms with Crippen LogP contribution in [0.15, 0.2) is 84.9 Å². The largest absolute Gasteiger partial charge is 0.544 e. The number of hydrogen-bond donors (Lipinski definition) is 0. The minimum Gasteiger partial charge on any atom is -0.544 e. The van der Waals surface area contributed by atoms with Gasteiger partial charge in [0.05, 0.1) is 0 Å². The Morgan fingerprint density at radius 3 is 1.58 bits per heavy atom. The van der Waals surface area contributed by atoms with Crippen LogP contribution in [0.5, 0.6) is 5.75 Å². The predicted molar refractivity (Wildman–Crippen MR) is 109 cm³/mol. The zero-order valence-corrected chi connectivity index (χ0v) is 16.3. The fraction of sp³-hybridized carbons (Fsp3) is 0.143. The highest BCUT2D eigenvalue weighted by Gasteiger charge is 2.23. The summed E-state index contributed by atoms with van der Waals surface area (Å²) in [6.45, 7) is 6.70. The van der Waals surface area contributed by atoms with Gasteiger partial charge in [-0.25, -0.2) is 0 Å². The second kappa shape index (κ2) is 7.34. The van der Waals surface area contributed by atoms with Crippen molar-refractivity contribution in [2.24, 2.45) is 0 Å². The molecule has 3 aromatic carbocycles. The summed E-state index contributed by atoms with van der Waals surface area (Å²) in [6.07, 6.45) is 0. The number of benzene rings is 3. The third kappa shape index (κ3) is 4.14. The van der Waals surface area contributed by atoms with Crippen LogP contribution in [0.1, 0.15) is 0 Å². The van der Waals surface area contributed by atoms with Gasteiger partial charge in [0.2, 0.25) is 8.32 Å². The van der Waals surface area contributed by atoms with Crippen molar-refractivity contribution in [1.82, 2.24) is 0 Å². The topological polar surface area (TPSA) is 9.23 Å². The number of rotatable bonds is 5. The molecule has 122 valence electrons. The molecule has 3 heteroatoms. The molecule has 0 aliphatic heterocycles. The molecule has 0 saturated heterocycles. The fourth-order valence-corrected chi connectivity index (χ4v) is 5.93. The van der Waals surface area contributed by atoms with Crippen molar-refractivity contribution < 1.29 is 4.43 Å². The monoisotopic (exact) mass is 350 g/mol. The Labute approximate surface area is 147 Å². The van der Waals surface area contributed by atoms with Gasteiger partial charge in [-0.1, -0.05) is 78.9 Å². The van der Waals surface area contributed by atoms with E-state index < -0.39 is 16.2 Å². The summed E-state index contributed by atoms with van der Waals surface area (Å²) in [7, 11) is -2.29. The van der Waals surface area contributed by atoms with Crippen LogP contribution in [0.4, 0.5) is 0 Å². The third-order valence-electron chi connectivity index (χ3n) is 3.55. The summed E-state index contributed by atoms with van der Waals surface area (Å²) in [5.74, 6) is 1.04. The normalized spacial score (nSPS) is 11.5. The minimum absolute atomic E-state index is 0.623. The second-order valence-electron chi connectivity index (χ2n) is 6.69. The van der Waals surface area contributed by atoms with Gasteiger partial charge in [-0.3, -0.25) is 0 Å². The Morgan fingerprint density at radius 1 is 0.625 bits per heavy atom. The van der Waals surface area contributed by atoms with Crippen LogP contribution >= 0.6 is 7.92 Å². The van der Waals surface area contributed by atoms with E-state index in [9.17, 15) is 0 Å². The summed E-state index contributed by atoms with van der Waals surface area (Å²) >= 11 is 0. The summed E-state index contributed by atoms with van der Waals surface area (Å²) in [6, 6.07) is 30.1. The summed E-state index contributed by atoms with van der Waals surface area (Å²) in [4.78, 5) is 0. The molecule has 0 N–H and O–H groups in total. The van der Waals surface area contributed by atoms with Gasteiger partial charge in [0.25, 0.3) is 0 Å². The first kappa shape index (κ1) is 16.9. The van der Waals surface area contributed by atoms with Gasteiger partial charge in [0.1, 0.15) is 5.75 Å². The quantitative estimate of drug-likeness (QED) is 0.480. The molecule has 0 atom stereocenters. The van der Waals surface area contributed by atoms with Crippen molar-refractivity contribution in [2.75, 3.05) is 0 Å². The number of para-hydroxylation sites is 1. The molecule has 0 spiro atoms. The smallest absolute Gasteiger partial charge is 0.242 e. The standard InChI is InChI=1S/C21H23OPSi/c1-24(2,3)22-20-16-10-11-17-21(20)23(18-12-6-4-7-13-18)19-14-8-5-9-15-19/h4-17H,1-3H3. The van der Waals surface area contributed by atoms with Gasteiger partial charge in [-0.15, -0.1) is 0 Å². The van der Waals surface area contributed by atoms with Crippen molar-refractivity contribution in [3.8, 4) is 5.75 Å². The van der Waals surface area contributed by atoms with E-state index in [1.165, 1.54) is 15.9 Å². The van der Waals surface area contributed by atoms with E-state index >= 15 is 0 Å². The van der Waals surface area contributed by atoms with E-state index in [-0.39, 0.29) is 0 Å². The average Bonchev–Trinajstić information content (AvgIpc) is 2.57. The lowest BCUT2D eigenvalue weighted by Crippen LogP contribution is -2.32. The lowest BCUT2D eigenvalue weighted by molar-refractivity contribution is 0.562. The molecule has 0 saturated carbocycles. The van der Waals surface area contributed by atoms with Crippen molar-refractivity contribution in [3.05, 3.63) is 84.9 Å². The van der Waals surface area contributed by atoms with E-state index in [0.29, 0.717) is 0 Å². The van der Waals surface area contributed by atoms with Gasteiger partial charge < -0.3 is 4.43 Å². The zero-order valence-electron chi connectivity index (χ0n) is 14.4. The van der Waals surface area contributed by atoms with Crippen molar-refractivity contribution in [2.45, 2.75) is 19.6 Å². The Morgan fingerprint density at radius 2 is 1.08 bits per heavy atom. The highest BCUT2D eigenvalue weighted by molar-refractivity contribution is 7.80. The maximum absolute atomic E-state index is 6.41. The SMILES string of the molecule is C[Si](C)(C)Oc1ccccc1P(c1ccccc1)c1ccccc1. The lowest BCUT2D eigenvalue weighted by Gasteiger charge is -2.26. The maximum atomic E-state index is 6.41. The predicted octanol–water partition coefficient (Wildman–Crippen LogP) is 4.66. The highest BCUT2D eigenvalue weighted by Crippen LogP contribution is 2.36. The van der Waals surface area contributed by atoms with Crippen LogP contribution in [0.3, 0.4) is 0 Å². The maximum Gasteiger partial charge on any atom is 0.242 e. The van der Waals surface area contributed by atoms with E-state index in [2.05, 4.69) is 105 Å². The molecule has 0 fully saturated rings. The molecular formula is C21H23OPSi. The molecule has 0 radical (unpaired) electrons. The van der Waals surface area contributed by atoms with E-state index in [0.717, 1.165) is 5.75 Å². The van der Waals surface area contributed by atoms with Crippen LogP contribution in [0.2, 0.25) is 19.6 Å². The molecule has 0 bridgehead atoms. The summed E-state index contributed by atoms with van der Waals surface area (Å²) in [5.41, 5.74) is 0. The van der Waals surface area contributed by atoms with Gasteiger partial charge in [-0.05, 0) is 44.2 Å². The zero-order chi connectivity index (χ0) is 17.0. The minimum atomic E-state index is -1.67. The molecule has 0 aromatic heterocycles. The molecule has 0 amide bonds. The second-order valence-corrected chi connectivity index (χ2v) is 13.3. The molecule has 24 heavy (non-hydrogen) atoms. The van der Waals surface area contributed by atoms with Crippen LogP contribution in [-0.2, 0) is 0 Å². The Hall–Kier alpha value is -1.89. The third-order valence-corrected chi connectivity index (χ3v) is 6.86. The van der Waals surface area contributed by atoms with Crippen molar-refractivity contribution >= 4 is 32.2 Å². The van der Waals surface area contributed by atoms with Crippen molar-refractivity contribution in [1.29, 1.82) is 0 Å². The van der Waals surface area contributed by atoms with E-state index in [1.54, 1.807) is 0 Å².